The predicted octanol–water partition coefficient (Wildman–Crippen LogP) is 6.00. The number of nitrogens with one attached hydrogen (secondary N) is 1. The summed E-state index contributed by atoms with van der Waals surface area (Å²) in [6.07, 6.45) is 0. The van der Waals surface area contributed by atoms with Crippen LogP contribution in [0.15, 0.2) is 112 Å². The molecule has 0 aliphatic rings. The number of carbonyl (C=O) groups excluding carboxylic acids is 1. The highest BCUT2D eigenvalue weighted by atomic mass is 32.2. The van der Waals surface area contributed by atoms with Crippen LogP contribution >= 0.6 is 11.8 Å². The number of hydrogen-bond donors (Lipinski definition) is 1. The summed E-state index contributed by atoms with van der Waals surface area (Å²) in [6.45, 7) is 1.43. The van der Waals surface area contributed by atoms with Gasteiger partial charge in [0.25, 0.3) is 10.0 Å². The van der Waals surface area contributed by atoms with Crippen molar-refractivity contribution in [3.8, 4) is 11.5 Å². The Labute approximate surface area is 227 Å². The number of ether oxygens (including phenoxy) is 2. The van der Waals surface area contributed by atoms with Gasteiger partial charge in [-0.05, 0) is 55.5 Å². The highest BCUT2D eigenvalue weighted by Gasteiger charge is 2.28. The van der Waals surface area contributed by atoms with Gasteiger partial charge in [0.1, 0.15) is 6.54 Å². The molecule has 0 radical (unpaired) electrons. The van der Waals surface area contributed by atoms with E-state index >= 15 is 0 Å². The standard InChI is InChI=1S/C29H28N2O5S2/c1-21-13-16-24(17-14-21)38(33,34)31(22-15-18-26(35-2)27(19-22)36-3)20-29(32)30-25-11-7-8-12-28(25)37-23-9-5-4-6-10-23/h4-19H,20H2,1-3H3,(H,30,32). The van der Waals surface area contributed by atoms with Gasteiger partial charge in [-0.1, -0.05) is 59.8 Å². The number of sulfonamides is 1. The Morgan fingerprint density at radius 3 is 2.18 bits per heavy atom. The summed E-state index contributed by atoms with van der Waals surface area (Å²) in [5.74, 6) is 0.302. The molecule has 196 valence electrons. The van der Waals surface area contributed by atoms with Gasteiger partial charge in [0, 0.05) is 15.9 Å². The maximum Gasteiger partial charge on any atom is 0.264 e. The van der Waals surface area contributed by atoms with E-state index in [0.29, 0.717) is 17.2 Å². The molecule has 1 amide bonds. The van der Waals surface area contributed by atoms with Crippen molar-refractivity contribution in [3.63, 3.8) is 0 Å². The van der Waals surface area contributed by atoms with Crippen LogP contribution in [-0.4, -0.2) is 35.1 Å². The summed E-state index contributed by atoms with van der Waals surface area (Å²) in [5.41, 5.74) is 1.78. The summed E-state index contributed by atoms with van der Waals surface area (Å²) in [7, 11) is -1.13. The van der Waals surface area contributed by atoms with E-state index in [1.165, 1.54) is 44.2 Å². The Bertz CT molecular complexity index is 1510. The van der Waals surface area contributed by atoms with E-state index in [0.717, 1.165) is 19.7 Å². The number of benzene rings is 4. The van der Waals surface area contributed by atoms with Crippen LogP contribution in [0.4, 0.5) is 11.4 Å². The molecule has 0 bridgehead atoms. The molecule has 4 rings (SSSR count). The van der Waals surface area contributed by atoms with Crippen molar-refractivity contribution in [2.75, 3.05) is 30.4 Å². The van der Waals surface area contributed by atoms with Crippen LogP contribution in [0.2, 0.25) is 0 Å². The second-order valence-electron chi connectivity index (χ2n) is 8.32. The molecule has 4 aromatic carbocycles. The lowest BCUT2D eigenvalue weighted by Crippen LogP contribution is -2.38. The zero-order valence-corrected chi connectivity index (χ0v) is 22.9. The highest BCUT2D eigenvalue weighted by Crippen LogP contribution is 2.35. The molecule has 9 heteroatoms. The molecule has 0 unspecified atom stereocenters. The Morgan fingerprint density at radius 2 is 1.50 bits per heavy atom. The molecule has 1 N–H and O–H groups in total. The van der Waals surface area contributed by atoms with E-state index < -0.39 is 22.5 Å². The van der Waals surface area contributed by atoms with E-state index in [4.69, 9.17) is 9.47 Å². The fourth-order valence-corrected chi connectivity index (χ4v) is 6.06. The minimum atomic E-state index is -4.09. The van der Waals surface area contributed by atoms with Crippen LogP contribution in [0.3, 0.4) is 0 Å². The maximum atomic E-state index is 13.8. The van der Waals surface area contributed by atoms with Gasteiger partial charge in [0.05, 0.1) is 30.5 Å². The lowest BCUT2D eigenvalue weighted by molar-refractivity contribution is -0.114. The molecule has 0 fully saturated rings. The average molecular weight is 549 g/mol. The zero-order chi connectivity index (χ0) is 27.1. The minimum Gasteiger partial charge on any atom is -0.493 e. The largest absolute Gasteiger partial charge is 0.493 e. The van der Waals surface area contributed by atoms with E-state index in [-0.39, 0.29) is 10.6 Å². The number of amides is 1. The number of rotatable bonds is 10. The normalized spacial score (nSPS) is 11.0. The van der Waals surface area contributed by atoms with Crippen molar-refractivity contribution in [1.82, 2.24) is 0 Å². The fourth-order valence-electron chi connectivity index (χ4n) is 3.73. The van der Waals surface area contributed by atoms with Crippen LogP contribution in [0.25, 0.3) is 0 Å². The molecule has 0 aliphatic carbocycles. The van der Waals surface area contributed by atoms with Gasteiger partial charge < -0.3 is 14.8 Å². The summed E-state index contributed by atoms with van der Waals surface area (Å²) in [5, 5.41) is 2.89. The molecular weight excluding hydrogens is 520 g/mol. The molecule has 0 heterocycles. The molecule has 4 aromatic rings. The van der Waals surface area contributed by atoms with Crippen molar-refractivity contribution in [3.05, 3.63) is 103 Å². The zero-order valence-electron chi connectivity index (χ0n) is 21.2. The van der Waals surface area contributed by atoms with Crippen LogP contribution in [-0.2, 0) is 14.8 Å². The van der Waals surface area contributed by atoms with Gasteiger partial charge in [-0.25, -0.2) is 8.42 Å². The van der Waals surface area contributed by atoms with Gasteiger partial charge in [-0.2, -0.15) is 0 Å². The fraction of sp³-hybridized carbons (Fsp3) is 0.138. The average Bonchev–Trinajstić information content (AvgIpc) is 2.93. The Hall–Kier alpha value is -3.95. The lowest BCUT2D eigenvalue weighted by atomic mass is 10.2. The summed E-state index contributed by atoms with van der Waals surface area (Å²) >= 11 is 1.51. The third-order valence-electron chi connectivity index (χ3n) is 5.68. The number of nitrogens with zero attached hydrogens (tertiary/aromatic N) is 1. The quantitative estimate of drug-likeness (QED) is 0.262. The molecule has 7 nitrogen and oxygen atoms in total. The highest BCUT2D eigenvalue weighted by molar-refractivity contribution is 7.99. The maximum absolute atomic E-state index is 13.8. The second kappa shape index (κ2) is 12.1. The van der Waals surface area contributed by atoms with Crippen molar-refractivity contribution < 1.29 is 22.7 Å². The van der Waals surface area contributed by atoms with E-state index in [2.05, 4.69) is 5.32 Å². The third-order valence-corrected chi connectivity index (χ3v) is 8.56. The van der Waals surface area contributed by atoms with Crippen LogP contribution in [0.5, 0.6) is 11.5 Å². The Morgan fingerprint density at radius 1 is 0.842 bits per heavy atom. The third kappa shape index (κ3) is 6.30. The minimum absolute atomic E-state index is 0.0747. The van der Waals surface area contributed by atoms with Crippen molar-refractivity contribution >= 4 is 39.1 Å². The Balaban J connectivity index is 1.66. The molecule has 0 aromatic heterocycles. The van der Waals surface area contributed by atoms with E-state index in [1.54, 1.807) is 30.3 Å². The van der Waals surface area contributed by atoms with Crippen LogP contribution in [0, 0.1) is 6.92 Å². The number of hydrogen-bond acceptors (Lipinski definition) is 6. The predicted molar refractivity (Wildman–Crippen MR) is 151 cm³/mol. The van der Waals surface area contributed by atoms with Crippen molar-refractivity contribution in [2.45, 2.75) is 21.6 Å². The topological polar surface area (TPSA) is 84.9 Å². The summed E-state index contributed by atoms with van der Waals surface area (Å²) in [6, 6.07) is 28.4. The number of methoxy groups -OCH3 is 2. The van der Waals surface area contributed by atoms with Gasteiger partial charge in [-0.3, -0.25) is 9.10 Å². The summed E-state index contributed by atoms with van der Waals surface area (Å²) in [4.78, 5) is 15.3. The van der Waals surface area contributed by atoms with Gasteiger partial charge in [0.2, 0.25) is 5.91 Å². The Kier molecular flexibility index (Phi) is 8.60. The molecule has 0 aliphatic heterocycles. The van der Waals surface area contributed by atoms with Gasteiger partial charge in [-0.15, -0.1) is 0 Å². The SMILES string of the molecule is COc1ccc(N(CC(=O)Nc2ccccc2Sc2ccccc2)S(=O)(=O)c2ccc(C)cc2)cc1OC. The first-order chi connectivity index (χ1) is 18.3. The smallest absolute Gasteiger partial charge is 0.264 e. The van der Waals surface area contributed by atoms with E-state index in [9.17, 15) is 13.2 Å². The lowest BCUT2D eigenvalue weighted by Gasteiger charge is -2.25. The first-order valence-corrected chi connectivity index (χ1v) is 14.0. The van der Waals surface area contributed by atoms with E-state index in [1.807, 2.05) is 55.5 Å². The van der Waals surface area contributed by atoms with Crippen LogP contribution in [0.1, 0.15) is 5.56 Å². The molecule has 0 atom stereocenters. The molecule has 0 saturated heterocycles. The van der Waals surface area contributed by atoms with Crippen LogP contribution < -0.4 is 19.1 Å². The number of aryl methyl sites for hydroxylation is 1. The number of para-hydroxylation sites is 1. The first kappa shape index (κ1) is 27.1. The first-order valence-electron chi connectivity index (χ1n) is 11.7. The molecule has 0 saturated carbocycles. The monoisotopic (exact) mass is 548 g/mol. The number of carbonyl (C=O) groups is 1. The summed E-state index contributed by atoms with van der Waals surface area (Å²) < 4.78 is 39.3. The number of anilines is 2. The second-order valence-corrected chi connectivity index (χ2v) is 11.3. The van der Waals surface area contributed by atoms with Gasteiger partial charge in [0.15, 0.2) is 11.5 Å². The molecule has 0 spiro atoms. The van der Waals surface area contributed by atoms with Gasteiger partial charge >= 0.3 is 0 Å². The van der Waals surface area contributed by atoms with Crippen molar-refractivity contribution in [1.29, 1.82) is 0 Å². The molecule has 38 heavy (non-hydrogen) atoms. The van der Waals surface area contributed by atoms with Crippen molar-refractivity contribution in [2.24, 2.45) is 0 Å². The molecular formula is C29H28N2O5S2.